The maximum Gasteiger partial charge on any atom is 0.257 e. The van der Waals surface area contributed by atoms with Gasteiger partial charge in [-0.2, -0.15) is 15.7 Å². The molecule has 7 nitrogen and oxygen atoms in total. The minimum atomic E-state index is -2.57. The van der Waals surface area contributed by atoms with Crippen LogP contribution in [0.1, 0.15) is 41.0 Å². The first-order chi connectivity index (χ1) is 12.5. The molecule has 1 saturated heterocycles. The number of benzene rings is 1. The van der Waals surface area contributed by atoms with Crippen molar-refractivity contribution < 1.29 is 13.9 Å². The van der Waals surface area contributed by atoms with Gasteiger partial charge in [0.05, 0.1) is 29.7 Å². The number of nitrogens with one attached hydrogen (secondary N) is 1. The topological polar surface area (TPSA) is 99.7 Å². The maximum absolute atomic E-state index is 12.7. The lowest BCUT2D eigenvalue weighted by Crippen LogP contribution is -2.28. The van der Waals surface area contributed by atoms with Gasteiger partial charge >= 0.3 is 0 Å². The van der Waals surface area contributed by atoms with Crippen molar-refractivity contribution in [1.29, 1.82) is 0 Å². The Morgan fingerprint density at radius 1 is 1.31 bits per heavy atom. The highest BCUT2D eigenvalue weighted by Crippen LogP contribution is 2.51. The molecular formula is C18H22N4O3S. The second kappa shape index (κ2) is 6.53. The molecule has 1 fully saturated rings. The number of aromatic nitrogens is 2. The number of carbonyl (C=O) groups is 1. The summed E-state index contributed by atoms with van der Waals surface area (Å²) in [6.45, 7) is 2.30. The summed E-state index contributed by atoms with van der Waals surface area (Å²) in [7, 11) is -2.57. The first kappa shape index (κ1) is 17.3. The van der Waals surface area contributed by atoms with Crippen LogP contribution in [0.3, 0.4) is 0 Å². The molecule has 1 atom stereocenters. The van der Waals surface area contributed by atoms with Crippen molar-refractivity contribution in [3.05, 3.63) is 47.2 Å². The van der Waals surface area contributed by atoms with E-state index in [1.807, 2.05) is 37.3 Å². The van der Waals surface area contributed by atoms with Crippen molar-refractivity contribution in [2.75, 3.05) is 18.1 Å². The molecule has 3 N–H and O–H groups in total. The van der Waals surface area contributed by atoms with E-state index in [1.54, 1.807) is 4.68 Å². The molecule has 8 heteroatoms. The van der Waals surface area contributed by atoms with Gasteiger partial charge in [0, 0.05) is 5.75 Å². The van der Waals surface area contributed by atoms with E-state index in [0.29, 0.717) is 42.2 Å². The summed E-state index contributed by atoms with van der Waals surface area (Å²) in [5.74, 6) is 0.984. The molecule has 4 rings (SSSR count). The third kappa shape index (κ3) is 3.04. The Bertz CT molecular complexity index is 876. The zero-order valence-corrected chi connectivity index (χ0v) is 15.4. The molecule has 0 bridgehead atoms. The van der Waals surface area contributed by atoms with Gasteiger partial charge < -0.3 is 5.32 Å². The highest BCUT2D eigenvalue weighted by atomic mass is 32.3. The van der Waals surface area contributed by atoms with E-state index >= 15 is 0 Å². The summed E-state index contributed by atoms with van der Waals surface area (Å²) < 4.78 is 21.8. The SMILES string of the molecule is CCc1nn(C2CCS(O)(O)C2)c2c1C(=O)NCC(c1ccccc1)=N2. The van der Waals surface area contributed by atoms with E-state index in [0.717, 1.165) is 11.3 Å². The van der Waals surface area contributed by atoms with Crippen molar-refractivity contribution in [3.63, 3.8) is 0 Å². The largest absolute Gasteiger partial charge is 0.346 e. The molecule has 138 valence electrons. The molecule has 0 spiro atoms. The van der Waals surface area contributed by atoms with E-state index in [2.05, 4.69) is 10.4 Å². The molecule has 0 radical (unpaired) electrons. The highest BCUT2D eigenvalue weighted by Gasteiger charge is 2.35. The minimum absolute atomic E-state index is 0.152. The van der Waals surface area contributed by atoms with Gasteiger partial charge in [-0.3, -0.25) is 13.9 Å². The van der Waals surface area contributed by atoms with Gasteiger partial charge in [0.15, 0.2) is 5.82 Å². The Morgan fingerprint density at radius 2 is 2.08 bits per heavy atom. The van der Waals surface area contributed by atoms with E-state index in [9.17, 15) is 13.9 Å². The Hall–Kier alpha value is -2.16. The van der Waals surface area contributed by atoms with Crippen molar-refractivity contribution in [3.8, 4) is 0 Å². The van der Waals surface area contributed by atoms with Crippen molar-refractivity contribution in [2.45, 2.75) is 25.8 Å². The van der Waals surface area contributed by atoms with Crippen LogP contribution < -0.4 is 5.32 Å². The monoisotopic (exact) mass is 374 g/mol. The third-order valence-electron chi connectivity index (χ3n) is 4.87. The molecule has 1 aromatic heterocycles. The molecule has 0 aliphatic carbocycles. The Labute approximate surface area is 153 Å². The van der Waals surface area contributed by atoms with Crippen LogP contribution in [0.25, 0.3) is 0 Å². The second-order valence-electron chi connectivity index (χ2n) is 6.67. The van der Waals surface area contributed by atoms with E-state index in [1.165, 1.54) is 0 Å². The number of fused-ring (bicyclic) bond motifs is 1. The number of hydrogen-bond donors (Lipinski definition) is 3. The lowest BCUT2D eigenvalue weighted by Gasteiger charge is -2.26. The smallest absolute Gasteiger partial charge is 0.257 e. The summed E-state index contributed by atoms with van der Waals surface area (Å²) in [5, 5.41) is 7.55. The van der Waals surface area contributed by atoms with Crippen LogP contribution in [0.15, 0.2) is 35.3 Å². The number of hydrogen-bond acceptors (Lipinski definition) is 5. The molecule has 26 heavy (non-hydrogen) atoms. The molecular weight excluding hydrogens is 352 g/mol. The van der Waals surface area contributed by atoms with Crippen molar-refractivity contribution in [2.24, 2.45) is 4.99 Å². The molecule has 2 aliphatic rings. The molecule has 2 aliphatic heterocycles. The first-order valence-electron chi connectivity index (χ1n) is 8.74. The fourth-order valence-electron chi connectivity index (χ4n) is 3.52. The van der Waals surface area contributed by atoms with Gasteiger partial charge in [-0.25, -0.2) is 9.67 Å². The van der Waals surface area contributed by atoms with Crippen LogP contribution in [0.5, 0.6) is 0 Å². The zero-order chi connectivity index (χ0) is 18.3. The Balaban J connectivity index is 1.84. The highest BCUT2D eigenvalue weighted by molar-refractivity contribution is 8.24. The van der Waals surface area contributed by atoms with Crippen molar-refractivity contribution in [1.82, 2.24) is 15.1 Å². The minimum Gasteiger partial charge on any atom is -0.346 e. The fraction of sp³-hybridized carbons (Fsp3) is 0.389. The summed E-state index contributed by atoms with van der Waals surface area (Å²) in [5.41, 5.74) is 2.91. The second-order valence-corrected chi connectivity index (χ2v) is 9.01. The van der Waals surface area contributed by atoms with E-state index in [4.69, 9.17) is 4.99 Å². The zero-order valence-electron chi connectivity index (χ0n) is 14.6. The van der Waals surface area contributed by atoms with E-state index in [-0.39, 0.29) is 17.7 Å². The van der Waals surface area contributed by atoms with E-state index < -0.39 is 10.6 Å². The predicted octanol–water partition coefficient (Wildman–Crippen LogP) is 3.01. The van der Waals surface area contributed by atoms with Gasteiger partial charge in [-0.1, -0.05) is 37.3 Å². The van der Waals surface area contributed by atoms with Crippen LogP contribution in [0.2, 0.25) is 0 Å². The number of nitrogens with zero attached hydrogens (tertiary/aromatic N) is 3. The average molecular weight is 374 g/mol. The van der Waals surface area contributed by atoms with Crippen LogP contribution in [-0.2, 0) is 6.42 Å². The lowest BCUT2D eigenvalue weighted by atomic mass is 10.1. The van der Waals surface area contributed by atoms with Gasteiger partial charge in [0.25, 0.3) is 5.91 Å². The van der Waals surface area contributed by atoms with Crippen LogP contribution >= 0.6 is 10.6 Å². The van der Waals surface area contributed by atoms with Crippen LogP contribution in [-0.4, -0.2) is 48.6 Å². The number of carbonyl (C=O) groups excluding carboxylic acids is 1. The number of rotatable bonds is 3. The van der Waals surface area contributed by atoms with Gasteiger partial charge in [0.2, 0.25) is 0 Å². The predicted molar refractivity (Wildman–Crippen MR) is 103 cm³/mol. The first-order valence-corrected chi connectivity index (χ1v) is 10.6. The number of aliphatic imine (C=N–C) groups is 1. The van der Waals surface area contributed by atoms with Crippen molar-refractivity contribution >= 4 is 28.0 Å². The Morgan fingerprint density at radius 3 is 2.73 bits per heavy atom. The fourth-order valence-corrected chi connectivity index (χ4v) is 5.26. The van der Waals surface area contributed by atoms with Gasteiger partial charge in [0.1, 0.15) is 5.56 Å². The molecule has 1 aromatic carbocycles. The maximum atomic E-state index is 12.7. The molecule has 3 heterocycles. The summed E-state index contributed by atoms with van der Waals surface area (Å²) >= 11 is 0. The van der Waals surface area contributed by atoms with Crippen LogP contribution in [0.4, 0.5) is 5.82 Å². The third-order valence-corrected chi connectivity index (χ3v) is 6.68. The normalized spacial score (nSPS) is 23.0. The quantitative estimate of drug-likeness (QED) is 0.769. The average Bonchev–Trinajstić information content (AvgIpc) is 3.13. The van der Waals surface area contributed by atoms with Gasteiger partial charge in [-0.15, -0.1) is 0 Å². The lowest BCUT2D eigenvalue weighted by molar-refractivity contribution is 0.0960. The van der Waals surface area contributed by atoms with Gasteiger partial charge in [-0.05, 0) is 18.4 Å². The summed E-state index contributed by atoms with van der Waals surface area (Å²) in [4.78, 5) is 17.5. The number of aryl methyl sites for hydroxylation is 1. The number of amides is 1. The molecule has 1 unspecified atom stereocenters. The van der Waals surface area contributed by atoms with Crippen LogP contribution in [0, 0.1) is 0 Å². The molecule has 2 aromatic rings. The molecule has 1 amide bonds. The summed E-state index contributed by atoms with van der Waals surface area (Å²) in [6, 6.07) is 9.58. The molecule has 0 saturated carbocycles. The standard InChI is InChI=1S/C18H22N4O3S/c1-2-14-16-17(22(21-14)13-8-9-26(24,25)11-13)20-15(10-19-18(16)23)12-6-4-3-5-7-12/h3-7,13,24-25H,2,8-11H2,1H3,(H,19,23). The Kier molecular flexibility index (Phi) is 4.34. The summed E-state index contributed by atoms with van der Waals surface area (Å²) in [6.07, 6.45) is 1.24.